The zero-order valence-electron chi connectivity index (χ0n) is 15.9. The summed E-state index contributed by atoms with van der Waals surface area (Å²) in [5, 5.41) is 9.21. The summed E-state index contributed by atoms with van der Waals surface area (Å²) in [4.78, 5) is 0. The summed E-state index contributed by atoms with van der Waals surface area (Å²) in [5.74, 6) is 0. The van der Waals surface area contributed by atoms with Gasteiger partial charge in [-0.3, -0.25) is 0 Å². The molecule has 10 atom stereocenters. The van der Waals surface area contributed by atoms with Gasteiger partial charge in [0.15, 0.2) is 18.8 Å². The lowest BCUT2D eigenvalue weighted by Crippen LogP contribution is -2.64. The van der Waals surface area contributed by atoms with Crippen LogP contribution >= 0.6 is 0 Å². The Bertz CT molecular complexity index is 495. The smallest absolute Gasteiger partial charge is 0.181 e. The van der Waals surface area contributed by atoms with Gasteiger partial charge in [0.2, 0.25) is 0 Å². The molecule has 3 rings (SSSR count). The first-order valence-electron chi connectivity index (χ1n) is 9.84. The Hall–Kier alpha value is -0.470. The molecular weight excluding hydrogens is 375 g/mol. The van der Waals surface area contributed by atoms with Gasteiger partial charge in [0.05, 0.1) is 32.0 Å². The van der Waals surface area contributed by atoms with E-state index in [1.165, 1.54) is 0 Å². The lowest BCUT2D eigenvalue weighted by Gasteiger charge is -2.45. The highest BCUT2D eigenvalue weighted by molar-refractivity contribution is 4.99. The number of hydrogen-bond donors (Lipinski definition) is 5. The molecule has 1 saturated carbocycles. The van der Waals surface area contributed by atoms with Gasteiger partial charge in [-0.15, -0.1) is 0 Å². The predicted octanol–water partition coefficient (Wildman–Crippen LogP) is -2.32. The summed E-state index contributed by atoms with van der Waals surface area (Å²) in [5.41, 5.74) is 24.0. The van der Waals surface area contributed by atoms with Crippen molar-refractivity contribution in [3.05, 3.63) is 0 Å². The van der Waals surface area contributed by atoms with Crippen LogP contribution in [0.15, 0.2) is 0 Å². The molecule has 10 nitrogen and oxygen atoms in total. The molecule has 2 aliphatic heterocycles. The van der Waals surface area contributed by atoms with E-state index in [9.17, 15) is 5.11 Å². The van der Waals surface area contributed by atoms with Gasteiger partial charge >= 0.3 is 0 Å². The van der Waals surface area contributed by atoms with E-state index in [0.29, 0.717) is 19.4 Å². The molecule has 0 aromatic carbocycles. The number of alkyl halides is 1. The number of nitrogens with two attached hydrogens (primary N) is 4. The molecular formula is C17H33FN4O6. The van der Waals surface area contributed by atoms with E-state index in [-0.39, 0.29) is 25.9 Å². The molecule has 0 aromatic heterocycles. The van der Waals surface area contributed by atoms with Crippen molar-refractivity contribution in [3.8, 4) is 0 Å². The second kappa shape index (κ2) is 10.0. The zero-order valence-corrected chi connectivity index (χ0v) is 15.9. The molecule has 3 fully saturated rings. The summed E-state index contributed by atoms with van der Waals surface area (Å²) >= 11 is 0. The van der Waals surface area contributed by atoms with Crippen molar-refractivity contribution < 1.29 is 33.2 Å². The van der Waals surface area contributed by atoms with E-state index in [0.717, 1.165) is 6.42 Å². The second-order valence-electron chi connectivity index (χ2n) is 7.72. The molecule has 11 heteroatoms. The minimum Gasteiger partial charge on any atom is -0.394 e. The molecule has 0 spiro atoms. The second-order valence-corrected chi connectivity index (χ2v) is 7.72. The largest absolute Gasteiger partial charge is 0.394 e. The van der Waals surface area contributed by atoms with E-state index in [1.807, 2.05) is 0 Å². The number of halogens is 1. The fourth-order valence-corrected chi connectivity index (χ4v) is 3.86. The van der Waals surface area contributed by atoms with Crippen LogP contribution in [0.3, 0.4) is 0 Å². The maximum Gasteiger partial charge on any atom is 0.181 e. The van der Waals surface area contributed by atoms with Crippen LogP contribution in [0.1, 0.15) is 19.3 Å². The average Bonchev–Trinajstić information content (AvgIpc) is 2.69. The first kappa shape index (κ1) is 22.2. The number of rotatable bonds is 6. The predicted molar refractivity (Wildman–Crippen MR) is 96.7 cm³/mol. The molecule has 0 radical (unpaired) electrons. The van der Waals surface area contributed by atoms with E-state index >= 15 is 4.39 Å². The Balaban J connectivity index is 1.63. The molecule has 1 aliphatic carbocycles. The van der Waals surface area contributed by atoms with Crippen molar-refractivity contribution >= 4 is 0 Å². The standard InChI is InChI=1S/C17H33FN4O6/c18-14-15(27-13-7-24-6-9(5-23)25-13)11(21)3-12(22)16(14)28-17-10(20)2-1-8(4-19)26-17/h8-17,23H,1-7,19-22H2/t8-,9+,10+,11+,12-,13+,14-,15-,16+,17+/m0/s1. The monoisotopic (exact) mass is 408 g/mol. The van der Waals surface area contributed by atoms with Gasteiger partial charge < -0.3 is 51.7 Å². The van der Waals surface area contributed by atoms with E-state index in [1.54, 1.807) is 0 Å². The van der Waals surface area contributed by atoms with Crippen molar-refractivity contribution in [1.29, 1.82) is 0 Å². The number of aliphatic hydroxyl groups excluding tert-OH is 1. The molecule has 0 amide bonds. The maximum atomic E-state index is 15.3. The van der Waals surface area contributed by atoms with Crippen molar-refractivity contribution in [1.82, 2.24) is 0 Å². The van der Waals surface area contributed by atoms with Gasteiger partial charge in [0, 0.05) is 18.6 Å². The summed E-state index contributed by atoms with van der Waals surface area (Å²) in [6.07, 6.45) is -4.22. The lowest BCUT2D eigenvalue weighted by atomic mass is 9.85. The van der Waals surface area contributed by atoms with E-state index in [2.05, 4.69) is 0 Å². The Morgan fingerprint density at radius 2 is 1.64 bits per heavy atom. The van der Waals surface area contributed by atoms with Crippen molar-refractivity contribution in [3.63, 3.8) is 0 Å². The third-order valence-corrected chi connectivity index (χ3v) is 5.48. The van der Waals surface area contributed by atoms with Crippen LogP contribution in [0.25, 0.3) is 0 Å². The van der Waals surface area contributed by atoms with Gasteiger partial charge in [-0.1, -0.05) is 0 Å². The minimum absolute atomic E-state index is 0.124. The molecule has 0 aromatic rings. The highest BCUT2D eigenvalue weighted by Gasteiger charge is 2.47. The van der Waals surface area contributed by atoms with Gasteiger partial charge in [0.1, 0.15) is 18.3 Å². The molecule has 0 unspecified atom stereocenters. The molecule has 0 bridgehead atoms. The molecule has 9 N–H and O–H groups in total. The Kier molecular flexibility index (Phi) is 7.96. The van der Waals surface area contributed by atoms with Gasteiger partial charge in [-0.05, 0) is 19.3 Å². The number of ether oxygens (including phenoxy) is 5. The molecule has 28 heavy (non-hydrogen) atoms. The van der Waals surface area contributed by atoms with Gasteiger partial charge in [0.25, 0.3) is 0 Å². The fraction of sp³-hybridized carbons (Fsp3) is 1.00. The van der Waals surface area contributed by atoms with Crippen molar-refractivity contribution in [2.45, 2.75) is 80.6 Å². The van der Waals surface area contributed by atoms with Crippen LogP contribution in [0.2, 0.25) is 0 Å². The van der Waals surface area contributed by atoms with E-state index in [4.69, 9.17) is 46.6 Å². The summed E-state index contributed by atoms with van der Waals surface area (Å²) in [6.45, 7) is 0.496. The molecule has 164 valence electrons. The molecule has 3 aliphatic rings. The maximum absolute atomic E-state index is 15.3. The summed E-state index contributed by atoms with van der Waals surface area (Å²) < 4.78 is 43.6. The first-order chi connectivity index (χ1) is 13.4. The highest BCUT2D eigenvalue weighted by Crippen LogP contribution is 2.30. The van der Waals surface area contributed by atoms with Crippen LogP contribution in [0, 0.1) is 0 Å². The zero-order chi connectivity index (χ0) is 20.3. The van der Waals surface area contributed by atoms with Crippen LogP contribution in [-0.2, 0) is 23.7 Å². The quantitative estimate of drug-likeness (QED) is 0.321. The number of hydrogen-bond acceptors (Lipinski definition) is 10. The van der Waals surface area contributed by atoms with Gasteiger partial charge in [-0.25, -0.2) is 4.39 Å². The summed E-state index contributed by atoms with van der Waals surface area (Å²) in [7, 11) is 0. The van der Waals surface area contributed by atoms with Crippen LogP contribution in [0.4, 0.5) is 4.39 Å². The third kappa shape index (κ3) is 5.17. The lowest BCUT2D eigenvalue weighted by molar-refractivity contribution is -0.289. The van der Waals surface area contributed by atoms with Gasteiger partial charge in [-0.2, -0.15) is 0 Å². The first-order valence-corrected chi connectivity index (χ1v) is 9.84. The highest BCUT2D eigenvalue weighted by atomic mass is 19.1. The van der Waals surface area contributed by atoms with Crippen LogP contribution < -0.4 is 22.9 Å². The third-order valence-electron chi connectivity index (χ3n) is 5.48. The molecule has 2 saturated heterocycles. The van der Waals surface area contributed by atoms with Crippen LogP contribution in [-0.4, -0.2) is 92.8 Å². The molecule has 2 heterocycles. The SMILES string of the molecule is NC[C@@H]1CC[C@@H](N)[C@@H](O[C@H]2[C@@H](F)[C@@H](O[C@@H]3COC[C@@H](CO)O3)[C@H](N)C[C@@H]2N)O1. The van der Waals surface area contributed by atoms with Crippen LogP contribution in [0.5, 0.6) is 0 Å². The topological polar surface area (TPSA) is 170 Å². The minimum atomic E-state index is -1.61. The number of aliphatic hydroxyl groups is 1. The fourth-order valence-electron chi connectivity index (χ4n) is 3.86. The summed E-state index contributed by atoms with van der Waals surface area (Å²) in [6, 6.07) is -1.66. The van der Waals surface area contributed by atoms with Crippen molar-refractivity contribution in [2.24, 2.45) is 22.9 Å². The van der Waals surface area contributed by atoms with Crippen molar-refractivity contribution in [2.75, 3.05) is 26.4 Å². The average molecular weight is 408 g/mol. The van der Waals surface area contributed by atoms with E-state index < -0.39 is 55.2 Å². The normalized spacial score (nSPS) is 47.8. The Morgan fingerprint density at radius 1 is 0.929 bits per heavy atom. The Labute approximate surface area is 163 Å². The Morgan fingerprint density at radius 3 is 2.32 bits per heavy atom.